The third-order valence-corrected chi connectivity index (χ3v) is 3.29. The predicted molar refractivity (Wildman–Crippen MR) is 85.2 cm³/mol. The number of nitrogens with one attached hydrogen (secondary N) is 1. The van der Waals surface area contributed by atoms with Gasteiger partial charge in [0.15, 0.2) is 0 Å². The van der Waals surface area contributed by atoms with E-state index in [4.69, 9.17) is 9.84 Å². The zero-order valence-electron chi connectivity index (χ0n) is 12.5. The van der Waals surface area contributed by atoms with Crippen LogP contribution in [0, 0.1) is 0 Å². The van der Waals surface area contributed by atoms with E-state index in [1.54, 1.807) is 30.4 Å². The monoisotopic (exact) mass is 315 g/mol. The third kappa shape index (κ3) is 4.38. The van der Waals surface area contributed by atoms with Crippen molar-refractivity contribution in [1.29, 1.82) is 0 Å². The number of amides is 1. The molecule has 0 radical (unpaired) electrons. The number of anilines is 1. The minimum absolute atomic E-state index is 0.0180. The molecule has 0 fully saturated rings. The molecule has 0 aliphatic heterocycles. The third-order valence-electron chi connectivity index (χ3n) is 3.29. The summed E-state index contributed by atoms with van der Waals surface area (Å²) in [6.45, 7) is 0. The highest BCUT2D eigenvalue weighted by atomic mass is 16.5. The van der Waals surface area contributed by atoms with Crippen molar-refractivity contribution in [2.24, 2.45) is 0 Å². The lowest BCUT2D eigenvalue weighted by Crippen LogP contribution is -2.26. The summed E-state index contributed by atoms with van der Waals surface area (Å²) in [7, 11) is 1.50. The number of aliphatic hydroxyl groups excluding tert-OH is 1. The molecule has 0 saturated heterocycles. The van der Waals surface area contributed by atoms with E-state index in [-0.39, 0.29) is 11.3 Å². The molecule has 120 valence electrons. The van der Waals surface area contributed by atoms with Gasteiger partial charge in [-0.05, 0) is 29.9 Å². The lowest BCUT2D eigenvalue weighted by molar-refractivity contribution is -0.111. The molecule has 1 aromatic carbocycles. The Balaban J connectivity index is 2.04. The van der Waals surface area contributed by atoms with Gasteiger partial charge in [0.05, 0.1) is 11.3 Å². The van der Waals surface area contributed by atoms with Crippen molar-refractivity contribution in [3.8, 4) is 0 Å². The van der Waals surface area contributed by atoms with Crippen molar-refractivity contribution in [2.75, 3.05) is 12.4 Å². The number of rotatable bonds is 5. The fraction of sp³-hybridized carbons (Fsp3) is 0.176. The molecule has 1 aliphatic carbocycles. The summed E-state index contributed by atoms with van der Waals surface area (Å²) in [5.74, 6) is -1.58. The molecule has 1 aromatic rings. The van der Waals surface area contributed by atoms with Gasteiger partial charge in [-0.1, -0.05) is 24.3 Å². The van der Waals surface area contributed by atoms with Crippen molar-refractivity contribution < 1.29 is 24.5 Å². The Bertz CT molecular complexity index is 690. The summed E-state index contributed by atoms with van der Waals surface area (Å²) in [6, 6.07) is 6.15. The second kappa shape index (κ2) is 7.53. The number of allylic oxidation sites excluding steroid dienone is 3. The average molecular weight is 315 g/mol. The topological polar surface area (TPSA) is 95.9 Å². The Morgan fingerprint density at radius 3 is 2.70 bits per heavy atom. The molecular weight excluding hydrogens is 298 g/mol. The van der Waals surface area contributed by atoms with Gasteiger partial charge in [-0.3, -0.25) is 4.79 Å². The SMILES string of the molecule is COC1C=CC(/C=C/C(=O)Nc2ccccc2C(=O)O)=CC1O. The van der Waals surface area contributed by atoms with Gasteiger partial charge in [0, 0.05) is 13.2 Å². The summed E-state index contributed by atoms with van der Waals surface area (Å²) in [6.07, 6.45) is 6.63. The lowest BCUT2D eigenvalue weighted by Gasteiger charge is -2.19. The largest absolute Gasteiger partial charge is 0.478 e. The summed E-state index contributed by atoms with van der Waals surface area (Å²) in [5, 5.41) is 21.4. The molecule has 2 rings (SSSR count). The number of carbonyl (C=O) groups excluding carboxylic acids is 1. The maximum atomic E-state index is 11.9. The molecule has 0 aromatic heterocycles. The molecule has 1 aliphatic rings. The first-order valence-corrected chi connectivity index (χ1v) is 6.93. The molecule has 6 nitrogen and oxygen atoms in total. The van der Waals surface area contributed by atoms with E-state index in [1.165, 1.54) is 31.4 Å². The van der Waals surface area contributed by atoms with E-state index in [0.717, 1.165) is 0 Å². The maximum absolute atomic E-state index is 11.9. The first-order valence-electron chi connectivity index (χ1n) is 6.93. The Hall–Kier alpha value is -2.70. The molecule has 1 amide bonds. The van der Waals surface area contributed by atoms with Crippen molar-refractivity contribution in [1.82, 2.24) is 0 Å². The molecule has 3 N–H and O–H groups in total. The summed E-state index contributed by atoms with van der Waals surface area (Å²) in [4.78, 5) is 23.0. The number of carboxylic acid groups (broad SMARTS) is 1. The Labute approximate surface area is 133 Å². The van der Waals surface area contributed by atoms with Gasteiger partial charge in [0.2, 0.25) is 5.91 Å². The van der Waals surface area contributed by atoms with Crippen LogP contribution < -0.4 is 5.32 Å². The van der Waals surface area contributed by atoms with Crippen LogP contribution in [0.4, 0.5) is 5.69 Å². The van der Waals surface area contributed by atoms with Crippen LogP contribution in [0.3, 0.4) is 0 Å². The Kier molecular flexibility index (Phi) is 5.46. The number of ether oxygens (including phenoxy) is 1. The van der Waals surface area contributed by atoms with Crippen molar-refractivity contribution in [3.05, 3.63) is 65.8 Å². The number of hydrogen-bond donors (Lipinski definition) is 3. The second-order valence-electron chi connectivity index (χ2n) is 4.89. The number of carboxylic acids is 1. The minimum Gasteiger partial charge on any atom is -0.478 e. The van der Waals surface area contributed by atoms with Crippen molar-refractivity contribution in [3.63, 3.8) is 0 Å². The highest BCUT2D eigenvalue weighted by Crippen LogP contribution is 2.16. The fourth-order valence-electron chi connectivity index (χ4n) is 2.12. The van der Waals surface area contributed by atoms with Crippen LogP contribution in [-0.2, 0) is 9.53 Å². The first-order chi connectivity index (χ1) is 11.0. The van der Waals surface area contributed by atoms with E-state index in [9.17, 15) is 14.7 Å². The van der Waals surface area contributed by atoms with Gasteiger partial charge in [0.1, 0.15) is 12.2 Å². The highest BCUT2D eigenvalue weighted by Gasteiger charge is 2.16. The van der Waals surface area contributed by atoms with Gasteiger partial charge in [-0.2, -0.15) is 0 Å². The number of methoxy groups -OCH3 is 1. The summed E-state index contributed by atoms with van der Waals surface area (Å²) in [5.41, 5.74) is 0.902. The quantitative estimate of drug-likeness (QED) is 0.719. The minimum atomic E-state index is -1.11. The maximum Gasteiger partial charge on any atom is 0.337 e. The number of hydrogen-bond acceptors (Lipinski definition) is 4. The van der Waals surface area contributed by atoms with Gasteiger partial charge in [-0.15, -0.1) is 0 Å². The van der Waals surface area contributed by atoms with Crippen LogP contribution in [-0.4, -0.2) is 41.4 Å². The van der Waals surface area contributed by atoms with Crippen LogP contribution in [0.25, 0.3) is 0 Å². The standard InChI is InChI=1S/C17H17NO5/c1-23-15-8-6-11(10-14(15)19)7-9-16(20)18-13-5-3-2-4-12(13)17(21)22/h2-10,14-15,19H,1H3,(H,18,20)(H,21,22)/b9-7+. The molecule has 0 heterocycles. The molecule has 0 bridgehead atoms. The Morgan fingerprint density at radius 2 is 2.04 bits per heavy atom. The van der Waals surface area contributed by atoms with E-state index in [0.29, 0.717) is 5.57 Å². The first kappa shape index (κ1) is 16.7. The van der Waals surface area contributed by atoms with E-state index in [2.05, 4.69) is 5.32 Å². The molecule has 2 unspecified atom stereocenters. The zero-order valence-corrected chi connectivity index (χ0v) is 12.5. The lowest BCUT2D eigenvalue weighted by atomic mass is 10.0. The normalized spacial score (nSPS) is 20.3. The highest BCUT2D eigenvalue weighted by molar-refractivity contribution is 6.04. The van der Waals surface area contributed by atoms with Crippen LogP contribution in [0.1, 0.15) is 10.4 Å². The number of aromatic carboxylic acids is 1. The second-order valence-corrected chi connectivity index (χ2v) is 4.89. The number of aliphatic hydroxyl groups is 1. The fourth-order valence-corrected chi connectivity index (χ4v) is 2.12. The molecule has 23 heavy (non-hydrogen) atoms. The van der Waals surface area contributed by atoms with Crippen molar-refractivity contribution in [2.45, 2.75) is 12.2 Å². The van der Waals surface area contributed by atoms with Crippen LogP contribution in [0.2, 0.25) is 0 Å². The van der Waals surface area contributed by atoms with Crippen LogP contribution in [0.15, 0.2) is 60.2 Å². The summed E-state index contributed by atoms with van der Waals surface area (Å²) >= 11 is 0. The number of carbonyl (C=O) groups is 2. The molecular formula is C17H17NO5. The average Bonchev–Trinajstić information content (AvgIpc) is 2.53. The van der Waals surface area contributed by atoms with Gasteiger partial charge >= 0.3 is 5.97 Å². The van der Waals surface area contributed by atoms with Gasteiger partial charge in [0.25, 0.3) is 0 Å². The molecule has 0 spiro atoms. The molecule has 6 heteroatoms. The van der Waals surface area contributed by atoms with Crippen LogP contribution >= 0.6 is 0 Å². The zero-order chi connectivity index (χ0) is 16.8. The predicted octanol–water partition coefficient (Wildman–Crippen LogP) is 1.75. The van der Waals surface area contributed by atoms with Crippen LogP contribution in [0.5, 0.6) is 0 Å². The van der Waals surface area contributed by atoms with Gasteiger partial charge in [-0.25, -0.2) is 4.79 Å². The van der Waals surface area contributed by atoms with Crippen molar-refractivity contribution >= 4 is 17.6 Å². The summed E-state index contributed by atoms with van der Waals surface area (Å²) < 4.78 is 5.05. The smallest absolute Gasteiger partial charge is 0.337 e. The van der Waals surface area contributed by atoms with E-state index >= 15 is 0 Å². The van der Waals surface area contributed by atoms with Gasteiger partial charge < -0.3 is 20.3 Å². The Morgan fingerprint density at radius 1 is 1.30 bits per heavy atom. The molecule has 2 atom stereocenters. The number of benzene rings is 1. The van der Waals surface area contributed by atoms with E-state index < -0.39 is 24.1 Å². The van der Waals surface area contributed by atoms with E-state index in [1.807, 2.05) is 0 Å². The molecule has 0 saturated carbocycles. The number of para-hydroxylation sites is 1.